The molecule has 3 heteroatoms. The minimum Gasteiger partial charge on any atom is -0.315 e. The van der Waals surface area contributed by atoms with Crippen LogP contribution < -0.4 is 10.6 Å². The van der Waals surface area contributed by atoms with Crippen LogP contribution in [0.25, 0.3) is 0 Å². The molecule has 0 saturated heterocycles. The Labute approximate surface area is 153 Å². The van der Waals surface area contributed by atoms with Crippen LogP contribution in [0.5, 0.6) is 0 Å². The minimum absolute atomic E-state index is 0.975. The molecule has 0 aromatic heterocycles. The third kappa shape index (κ3) is 13.8. The van der Waals surface area contributed by atoms with E-state index in [2.05, 4.69) is 41.0 Å². The average Bonchev–Trinajstić information content (AvgIpc) is 2.62. The van der Waals surface area contributed by atoms with Crippen LogP contribution in [0.15, 0.2) is 30.3 Å². The van der Waals surface area contributed by atoms with E-state index in [1.807, 2.05) is 0 Å². The molecule has 1 aromatic rings. The molecule has 0 unspecified atom stereocenters. The lowest BCUT2D eigenvalue weighted by Crippen LogP contribution is -2.27. The second-order valence-electron chi connectivity index (χ2n) is 6.95. The van der Waals surface area contributed by atoms with Crippen LogP contribution in [-0.4, -0.2) is 29.9 Å². The molecule has 0 heterocycles. The molecule has 138 valence electrons. The summed E-state index contributed by atoms with van der Waals surface area (Å²) in [6.07, 6.45) is 14.4. The van der Waals surface area contributed by atoms with Gasteiger partial charge in [-0.05, 0) is 18.5 Å². The lowest BCUT2D eigenvalue weighted by molar-refractivity contribution is 0.538. The van der Waals surface area contributed by atoms with Crippen molar-refractivity contribution in [3.63, 3.8) is 0 Å². The molecule has 0 atom stereocenters. The van der Waals surface area contributed by atoms with E-state index in [0.29, 0.717) is 0 Å². The lowest BCUT2D eigenvalue weighted by atomic mass is 10.1. The summed E-state index contributed by atoms with van der Waals surface area (Å²) in [6, 6.07) is 12.1. The number of hydrogen-bond acceptors (Lipinski definition) is 2. The van der Waals surface area contributed by atoms with Crippen LogP contribution in [0.3, 0.4) is 0 Å². The summed E-state index contributed by atoms with van der Waals surface area (Å²) in [6.45, 7) is 4.28. The average molecular weight is 349 g/mol. The van der Waals surface area contributed by atoms with Gasteiger partial charge in [0.1, 0.15) is 0 Å². The van der Waals surface area contributed by atoms with Gasteiger partial charge in [0.05, 0.1) is 0 Å². The van der Waals surface area contributed by atoms with Crippen LogP contribution in [0.1, 0.15) is 69.8 Å². The van der Waals surface area contributed by atoms with Crippen molar-refractivity contribution in [3.8, 4) is 0 Å². The van der Waals surface area contributed by atoms with E-state index < -0.39 is 0 Å². The molecule has 0 fully saturated rings. The van der Waals surface area contributed by atoms with Crippen molar-refractivity contribution in [1.82, 2.24) is 10.6 Å². The van der Waals surface area contributed by atoms with Crippen LogP contribution in [0.2, 0.25) is 6.04 Å². The molecule has 0 amide bonds. The summed E-state index contributed by atoms with van der Waals surface area (Å²) < 4.78 is 0. The lowest BCUT2D eigenvalue weighted by Gasteiger charge is -2.07. The van der Waals surface area contributed by atoms with E-state index in [-0.39, 0.29) is 0 Å². The number of rotatable bonds is 17. The Morgan fingerprint density at radius 3 is 1.75 bits per heavy atom. The number of hydrogen-bond donors (Lipinski definition) is 2. The smallest absolute Gasteiger partial charge is 0.0206 e. The zero-order chi connectivity index (χ0) is 17.1. The fourth-order valence-electron chi connectivity index (χ4n) is 3.04. The predicted octanol–water partition coefficient (Wildman–Crippen LogP) is 4.05. The van der Waals surface area contributed by atoms with Crippen molar-refractivity contribution in [2.45, 2.75) is 76.8 Å². The summed E-state index contributed by atoms with van der Waals surface area (Å²) in [5.41, 5.74) is 1.37. The number of unbranched alkanes of at least 4 members (excludes halogenated alkanes) is 9. The fourth-order valence-corrected chi connectivity index (χ4v) is 3.54. The van der Waals surface area contributed by atoms with Gasteiger partial charge < -0.3 is 10.6 Å². The Morgan fingerprint density at radius 1 is 0.583 bits per heavy atom. The van der Waals surface area contributed by atoms with Crippen LogP contribution in [-0.2, 0) is 6.54 Å². The predicted molar refractivity (Wildman–Crippen MR) is 112 cm³/mol. The molecule has 0 aliphatic rings. The maximum absolute atomic E-state index is 3.54. The molecule has 0 saturated carbocycles. The zero-order valence-corrected chi connectivity index (χ0v) is 18.0. The van der Waals surface area contributed by atoms with E-state index in [0.717, 1.165) is 19.6 Å². The van der Waals surface area contributed by atoms with Crippen molar-refractivity contribution in [3.05, 3.63) is 35.9 Å². The molecule has 2 N–H and O–H groups in total. The van der Waals surface area contributed by atoms with Crippen molar-refractivity contribution >= 4 is 10.2 Å². The molecule has 2 nitrogen and oxygen atoms in total. The first-order chi connectivity index (χ1) is 11.9. The summed E-state index contributed by atoms with van der Waals surface area (Å²) >= 11 is 0. The molecule has 1 aromatic carbocycles. The Kier molecular flexibility index (Phi) is 15.3. The fraction of sp³-hybridized carbons (Fsp3) is 0.714. The Balaban J connectivity index is 1.70. The highest BCUT2D eigenvalue weighted by Crippen LogP contribution is 2.10. The molecule has 24 heavy (non-hydrogen) atoms. The Morgan fingerprint density at radius 2 is 1.12 bits per heavy atom. The zero-order valence-electron chi connectivity index (χ0n) is 16.0. The molecule has 0 spiro atoms. The Bertz CT molecular complexity index is 356. The van der Waals surface area contributed by atoms with E-state index >= 15 is 0 Å². The van der Waals surface area contributed by atoms with Gasteiger partial charge in [-0.2, -0.15) is 0 Å². The normalized spacial score (nSPS) is 11.2. The maximum Gasteiger partial charge on any atom is 0.0206 e. The molecular weight excluding hydrogens is 308 g/mol. The highest BCUT2D eigenvalue weighted by molar-refractivity contribution is 6.08. The first-order valence-corrected chi connectivity index (χ1v) is 11.8. The highest BCUT2D eigenvalue weighted by Gasteiger charge is 1.94. The molecular formula is C21H40N2Si. The summed E-state index contributed by atoms with van der Waals surface area (Å²) in [7, 11) is 1.40. The van der Waals surface area contributed by atoms with Gasteiger partial charge in [-0.3, -0.25) is 0 Å². The minimum atomic E-state index is 0.975. The highest BCUT2D eigenvalue weighted by atomic mass is 28.1. The van der Waals surface area contributed by atoms with Gasteiger partial charge in [0.25, 0.3) is 0 Å². The Hall–Kier alpha value is -0.643. The molecule has 1 rings (SSSR count). The standard InChI is InChI=1S/C21H40N2Si/c24-19-13-8-6-4-2-1-3-5-7-12-16-22-17-18-23-20-21-14-10-9-11-15-21/h9-11,14-15,22-23H,1-8,12-13,16-20H2,24H3. The van der Waals surface area contributed by atoms with Crippen molar-refractivity contribution in [1.29, 1.82) is 0 Å². The SMILES string of the molecule is [SiH3]CCCCCCCCCCCCNCCNCc1ccccc1. The van der Waals surface area contributed by atoms with Crippen molar-refractivity contribution < 1.29 is 0 Å². The third-order valence-corrected chi connectivity index (χ3v) is 5.31. The number of nitrogens with one attached hydrogen (secondary N) is 2. The van der Waals surface area contributed by atoms with E-state index in [9.17, 15) is 0 Å². The second kappa shape index (κ2) is 17.2. The van der Waals surface area contributed by atoms with E-state index in [4.69, 9.17) is 0 Å². The van der Waals surface area contributed by atoms with E-state index in [1.54, 1.807) is 0 Å². The quantitative estimate of drug-likeness (QED) is 0.328. The van der Waals surface area contributed by atoms with Crippen LogP contribution >= 0.6 is 0 Å². The maximum atomic E-state index is 3.54. The van der Waals surface area contributed by atoms with Gasteiger partial charge in [-0.25, -0.2) is 0 Å². The summed E-state index contributed by atoms with van der Waals surface area (Å²) in [5.74, 6) is 0. The van der Waals surface area contributed by atoms with Gasteiger partial charge in [0.2, 0.25) is 0 Å². The first kappa shape index (κ1) is 21.4. The van der Waals surface area contributed by atoms with Gasteiger partial charge >= 0.3 is 0 Å². The first-order valence-electron chi connectivity index (χ1n) is 10.4. The monoisotopic (exact) mass is 348 g/mol. The topological polar surface area (TPSA) is 24.1 Å². The van der Waals surface area contributed by atoms with Crippen molar-refractivity contribution in [2.75, 3.05) is 19.6 Å². The molecule has 0 bridgehead atoms. The van der Waals surface area contributed by atoms with E-state index in [1.165, 1.54) is 92.6 Å². The van der Waals surface area contributed by atoms with Gasteiger partial charge in [-0.15, -0.1) is 0 Å². The van der Waals surface area contributed by atoms with Crippen LogP contribution in [0, 0.1) is 0 Å². The largest absolute Gasteiger partial charge is 0.315 e. The van der Waals surface area contributed by atoms with Gasteiger partial charge in [0, 0.05) is 29.9 Å². The van der Waals surface area contributed by atoms with Crippen LogP contribution in [0.4, 0.5) is 0 Å². The molecule has 0 aliphatic carbocycles. The number of benzene rings is 1. The molecule has 0 radical (unpaired) electrons. The molecule has 0 aliphatic heterocycles. The summed E-state index contributed by atoms with van der Waals surface area (Å²) in [5, 5.41) is 7.03. The third-order valence-electron chi connectivity index (χ3n) is 4.61. The summed E-state index contributed by atoms with van der Waals surface area (Å²) in [4.78, 5) is 0. The van der Waals surface area contributed by atoms with Crippen molar-refractivity contribution in [2.24, 2.45) is 0 Å². The van der Waals surface area contributed by atoms with Gasteiger partial charge in [0.15, 0.2) is 0 Å². The second-order valence-corrected chi connectivity index (χ2v) is 7.95. The van der Waals surface area contributed by atoms with Gasteiger partial charge in [-0.1, -0.05) is 94.2 Å².